The first-order valence-corrected chi connectivity index (χ1v) is 6.30. The molecule has 16 heavy (non-hydrogen) atoms. The second-order valence-corrected chi connectivity index (χ2v) is 4.75. The first kappa shape index (κ1) is 15.3. The topological polar surface area (TPSA) is 148 Å². The van der Waals surface area contributed by atoms with Crippen molar-refractivity contribution in [3.63, 3.8) is 0 Å². The summed E-state index contributed by atoms with van der Waals surface area (Å²) < 4.78 is 26.8. The van der Waals surface area contributed by atoms with Crippen LogP contribution in [0.3, 0.4) is 0 Å². The smallest absolute Gasteiger partial charge is 0.320 e. The van der Waals surface area contributed by atoms with E-state index in [1.165, 1.54) is 0 Å². The summed E-state index contributed by atoms with van der Waals surface area (Å²) >= 11 is 0. The van der Waals surface area contributed by atoms with Gasteiger partial charge in [-0.1, -0.05) is 0 Å². The molecule has 0 saturated heterocycles. The first-order valence-electron chi connectivity index (χ1n) is 4.81. The first-order chi connectivity index (χ1) is 7.39. The Hall–Kier alpha value is -0.740. The van der Waals surface area contributed by atoms with Gasteiger partial charge in [0.15, 0.2) is 0 Å². The normalized spacial score (nSPS) is 13.6. The number of carboxylic acid groups (broad SMARTS) is 1. The van der Waals surface area contributed by atoms with Gasteiger partial charge in [-0.2, -0.15) is 8.42 Å². The lowest BCUT2D eigenvalue weighted by molar-refractivity contribution is -0.138. The number of carbonyl (C=O) groups is 1. The van der Waals surface area contributed by atoms with Crippen molar-refractivity contribution in [1.82, 2.24) is 9.44 Å². The Kier molecular flexibility index (Phi) is 7.17. The van der Waals surface area contributed by atoms with Crippen molar-refractivity contribution in [2.45, 2.75) is 18.9 Å². The van der Waals surface area contributed by atoms with Crippen LogP contribution in [0.2, 0.25) is 0 Å². The lowest BCUT2D eigenvalue weighted by Gasteiger charge is -2.09. The SMILES string of the molecule is NCCCNS(=O)(=O)NCC[C@H](N)C(=O)O. The third kappa shape index (κ3) is 7.54. The molecule has 0 aromatic carbocycles. The van der Waals surface area contributed by atoms with E-state index in [0.717, 1.165) is 0 Å². The van der Waals surface area contributed by atoms with Crippen molar-refractivity contribution in [2.75, 3.05) is 19.6 Å². The van der Waals surface area contributed by atoms with Crippen LogP contribution >= 0.6 is 0 Å². The number of carboxylic acids is 1. The summed E-state index contributed by atoms with van der Waals surface area (Å²) in [5.74, 6) is -1.16. The molecule has 0 aliphatic heterocycles. The zero-order valence-electron chi connectivity index (χ0n) is 8.85. The van der Waals surface area contributed by atoms with Gasteiger partial charge in [-0.05, 0) is 19.4 Å². The molecular formula is C7H18N4O4S. The molecule has 7 N–H and O–H groups in total. The minimum absolute atomic E-state index is 0.0224. The highest BCUT2D eigenvalue weighted by Gasteiger charge is 2.13. The van der Waals surface area contributed by atoms with E-state index in [4.69, 9.17) is 16.6 Å². The largest absolute Gasteiger partial charge is 0.480 e. The van der Waals surface area contributed by atoms with Crippen LogP contribution in [0.4, 0.5) is 0 Å². The van der Waals surface area contributed by atoms with Crippen LogP contribution < -0.4 is 20.9 Å². The van der Waals surface area contributed by atoms with Crippen molar-refractivity contribution in [2.24, 2.45) is 11.5 Å². The van der Waals surface area contributed by atoms with Gasteiger partial charge in [-0.15, -0.1) is 0 Å². The summed E-state index contributed by atoms with van der Waals surface area (Å²) in [4.78, 5) is 10.3. The molecule has 0 aromatic heterocycles. The van der Waals surface area contributed by atoms with Crippen molar-refractivity contribution in [3.8, 4) is 0 Å². The average Bonchev–Trinajstić information content (AvgIpc) is 2.17. The van der Waals surface area contributed by atoms with Gasteiger partial charge in [-0.25, -0.2) is 9.44 Å². The molecule has 0 aliphatic carbocycles. The molecule has 0 rings (SSSR count). The second kappa shape index (κ2) is 7.52. The third-order valence-corrected chi connectivity index (χ3v) is 2.91. The summed E-state index contributed by atoms with van der Waals surface area (Å²) in [6.45, 7) is 0.620. The molecular weight excluding hydrogens is 236 g/mol. The van der Waals surface area contributed by atoms with Gasteiger partial charge in [-0.3, -0.25) is 4.79 Å². The van der Waals surface area contributed by atoms with Crippen LogP contribution in [-0.2, 0) is 15.0 Å². The minimum Gasteiger partial charge on any atom is -0.480 e. The summed E-state index contributed by atoms with van der Waals surface area (Å²) in [5.41, 5.74) is 10.4. The van der Waals surface area contributed by atoms with Crippen molar-refractivity contribution in [1.29, 1.82) is 0 Å². The predicted molar refractivity (Wildman–Crippen MR) is 58.8 cm³/mol. The van der Waals surface area contributed by atoms with E-state index >= 15 is 0 Å². The molecule has 0 heterocycles. The van der Waals surface area contributed by atoms with E-state index in [-0.39, 0.29) is 19.5 Å². The van der Waals surface area contributed by atoms with Crippen molar-refractivity contribution >= 4 is 16.2 Å². The monoisotopic (exact) mass is 254 g/mol. The van der Waals surface area contributed by atoms with Gasteiger partial charge in [0.25, 0.3) is 10.2 Å². The molecule has 8 nitrogen and oxygen atoms in total. The fourth-order valence-corrected chi connectivity index (χ4v) is 1.73. The highest BCUT2D eigenvalue weighted by molar-refractivity contribution is 7.87. The Morgan fingerprint density at radius 2 is 1.88 bits per heavy atom. The highest BCUT2D eigenvalue weighted by Crippen LogP contribution is 1.87. The minimum atomic E-state index is -3.58. The van der Waals surface area contributed by atoms with Gasteiger partial charge in [0.05, 0.1) is 0 Å². The van der Waals surface area contributed by atoms with E-state index in [0.29, 0.717) is 13.0 Å². The van der Waals surface area contributed by atoms with Crippen LogP contribution in [0.1, 0.15) is 12.8 Å². The Labute approximate surface area is 94.6 Å². The number of hydrogen-bond acceptors (Lipinski definition) is 5. The van der Waals surface area contributed by atoms with Crippen molar-refractivity contribution in [3.05, 3.63) is 0 Å². The van der Waals surface area contributed by atoms with E-state index in [1.54, 1.807) is 0 Å². The molecule has 0 spiro atoms. The van der Waals surface area contributed by atoms with E-state index in [1.807, 2.05) is 0 Å². The molecule has 0 amide bonds. The molecule has 1 atom stereocenters. The third-order valence-electron chi connectivity index (χ3n) is 1.74. The fraction of sp³-hybridized carbons (Fsp3) is 0.857. The number of rotatable bonds is 9. The molecule has 0 radical (unpaired) electrons. The van der Waals surface area contributed by atoms with Gasteiger partial charge in [0.2, 0.25) is 0 Å². The molecule has 0 bridgehead atoms. The van der Waals surface area contributed by atoms with Crippen LogP contribution in [0.25, 0.3) is 0 Å². The van der Waals surface area contributed by atoms with E-state index in [2.05, 4.69) is 9.44 Å². The maximum Gasteiger partial charge on any atom is 0.320 e. The van der Waals surface area contributed by atoms with E-state index < -0.39 is 22.2 Å². The summed E-state index contributed by atoms with van der Waals surface area (Å²) in [5, 5.41) is 8.45. The molecule has 0 unspecified atom stereocenters. The van der Waals surface area contributed by atoms with Gasteiger partial charge in [0.1, 0.15) is 6.04 Å². The summed E-state index contributed by atoms with van der Waals surface area (Å²) in [6, 6.07) is -1.06. The average molecular weight is 254 g/mol. The molecule has 0 aromatic rings. The molecule has 0 fully saturated rings. The van der Waals surface area contributed by atoms with Crippen LogP contribution in [0, 0.1) is 0 Å². The number of aliphatic carboxylic acids is 1. The summed E-state index contributed by atoms with van der Waals surface area (Å²) in [7, 11) is -3.58. The van der Waals surface area contributed by atoms with Gasteiger partial charge < -0.3 is 16.6 Å². The molecule has 9 heteroatoms. The maximum atomic E-state index is 11.2. The predicted octanol–water partition coefficient (Wildman–Crippen LogP) is -2.44. The lowest BCUT2D eigenvalue weighted by atomic mass is 10.2. The Bertz CT molecular complexity index is 306. The van der Waals surface area contributed by atoms with Gasteiger partial charge >= 0.3 is 5.97 Å². The lowest BCUT2D eigenvalue weighted by Crippen LogP contribution is -2.40. The van der Waals surface area contributed by atoms with Crippen LogP contribution in [0.5, 0.6) is 0 Å². The van der Waals surface area contributed by atoms with Crippen LogP contribution in [0.15, 0.2) is 0 Å². The highest BCUT2D eigenvalue weighted by atomic mass is 32.2. The van der Waals surface area contributed by atoms with Crippen molar-refractivity contribution < 1.29 is 18.3 Å². The van der Waals surface area contributed by atoms with Gasteiger partial charge in [0, 0.05) is 13.1 Å². The Morgan fingerprint density at radius 3 is 2.38 bits per heavy atom. The number of nitrogens with one attached hydrogen (secondary N) is 2. The number of nitrogens with two attached hydrogens (primary N) is 2. The molecule has 0 aliphatic rings. The van der Waals surface area contributed by atoms with E-state index in [9.17, 15) is 13.2 Å². The standard InChI is InChI=1S/C7H18N4O4S/c8-3-1-4-10-16(14,15)11-5-2-6(9)7(12)13/h6,10-11H,1-5,8-9H2,(H,12,13)/t6-/m0/s1. The number of hydrogen-bond donors (Lipinski definition) is 5. The quantitative estimate of drug-likeness (QED) is 0.289. The summed E-state index contributed by atoms with van der Waals surface area (Å²) in [6.07, 6.45) is 0.572. The maximum absolute atomic E-state index is 11.2. The second-order valence-electron chi connectivity index (χ2n) is 3.17. The Morgan fingerprint density at radius 1 is 1.31 bits per heavy atom. The zero-order chi connectivity index (χ0) is 12.6. The van der Waals surface area contributed by atoms with Crippen LogP contribution in [-0.4, -0.2) is 45.2 Å². The zero-order valence-corrected chi connectivity index (χ0v) is 9.66. The Balaban J connectivity index is 3.78. The molecule has 0 saturated carbocycles. The fourth-order valence-electron chi connectivity index (χ4n) is 0.832. The molecule has 96 valence electrons.